The predicted molar refractivity (Wildman–Crippen MR) is 54.6 cm³/mol. The first kappa shape index (κ1) is 12.4. The number of hydrogen-bond donors (Lipinski definition) is 2. The number of nitrogens with two attached hydrogens (primary N) is 1. The van der Waals surface area contributed by atoms with Crippen LogP contribution in [0.1, 0.15) is 26.2 Å². The number of ether oxygens (including phenoxy) is 2. The Morgan fingerprint density at radius 3 is 2.73 bits per heavy atom. The molecule has 5 heteroatoms. The molecule has 0 aromatic heterocycles. The Morgan fingerprint density at radius 1 is 1.60 bits per heavy atom. The molecule has 0 spiro atoms. The van der Waals surface area contributed by atoms with Gasteiger partial charge in [-0.1, -0.05) is 0 Å². The molecule has 5 nitrogen and oxygen atoms in total. The van der Waals surface area contributed by atoms with E-state index in [0.29, 0.717) is 13.0 Å². The maximum absolute atomic E-state index is 10.7. The van der Waals surface area contributed by atoms with Crippen LogP contribution in [0.25, 0.3) is 0 Å². The van der Waals surface area contributed by atoms with Gasteiger partial charge in [0.1, 0.15) is 5.54 Å². The van der Waals surface area contributed by atoms with E-state index in [1.54, 1.807) is 0 Å². The number of hydrogen-bond acceptors (Lipinski definition) is 4. The highest BCUT2D eigenvalue weighted by atomic mass is 16.5. The van der Waals surface area contributed by atoms with E-state index in [0.717, 1.165) is 26.1 Å². The van der Waals surface area contributed by atoms with E-state index in [2.05, 4.69) is 0 Å². The lowest BCUT2D eigenvalue weighted by Gasteiger charge is -2.24. The molecule has 1 rings (SSSR count). The van der Waals surface area contributed by atoms with Crippen LogP contribution in [-0.2, 0) is 14.3 Å². The van der Waals surface area contributed by atoms with Gasteiger partial charge in [-0.3, -0.25) is 4.79 Å². The molecule has 1 heterocycles. The molecular weight excluding hydrogens is 198 g/mol. The van der Waals surface area contributed by atoms with E-state index in [9.17, 15) is 4.79 Å². The van der Waals surface area contributed by atoms with Crippen molar-refractivity contribution in [3.8, 4) is 0 Å². The first-order valence-electron chi connectivity index (χ1n) is 5.24. The number of rotatable bonds is 5. The highest BCUT2D eigenvalue weighted by Gasteiger charge is 2.27. The fourth-order valence-electron chi connectivity index (χ4n) is 1.39. The molecule has 0 radical (unpaired) electrons. The summed E-state index contributed by atoms with van der Waals surface area (Å²) in [5.74, 6) is -0.988. The van der Waals surface area contributed by atoms with Crippen LogP contribution in [0.5, 0.6) is 0 Å². The van der Waals surface area contributed by atoms with Gasteiger partial charge in [0.15, 0.2) is 0 Å². The third kappa shape index (κ3) is 4.15. The molecular formula is C10H19NO4. The van der Waals surface area contributed by atoms with Crippen LogP contribution in [0.15, 0.2) is 0 Å². The summed E-state index contributed by atoms with van der Waals surface area (Å²) >= 11 is 0. The summed E-state index contributed by atoms with van der Waals surface area (Å²) in [6, 6.07) is 0. The normalized spacial score (nSPS) is 22.3. The van der Waals surface area contributed by atoms with Crippen LogP contribution >= 0.6 is 0 Å². The van der Waals surface area contributed by atoms with Gasteiger partial charge >= 0.3 is 5.97 Å². The Hall–Kier alpha value is -0.650. The SMILES string of the molecule is CC(N)(CCOC1CCOCC1)C(=O)O. The maximum atomic E-state index is 10.7. The van der Waals surface area contributed by atoms with Gasteiger partial charge in [0.25, 0.3) is 0 Å². The second-order valence-electron chi connectivity index (χ2n) is 4.16. The molecule has 0 aromatic carbocycles. The zero-order valence-electron chi connectivity index (χ0n) is 9.07. The minimum Gasteiger partial charge on any atom is -0.480 e. The highest BCUT2D eigenvalue weighted by Crippen LogP contribution is 2.13. The average Bonchev–Trinajstić information content (AvgIpc) is 2.19. The summed E-state index contributed by atoms with van der Waals surface area (Å²) in [6.45, 7) is 3.35. The van der Waals surface area contributed by atoms with Crippen molar-refractivity contribution in [2.75, 3.05) is 19.8 Å². The molecule has 0 bridgehead atoms. The van der Waals surface area contributed by atoms with E-state index in [1.165, 1.54) is 6.92 Å². The van der Waals surface area contributed by atoms with Crippen LogP contribution in [0.2, 0.25) is 0 Å². The second kappa shape index (κ2) is 5.44. The molecule has 15 heavy (non-hydrogen) atoms. The van der Waals surface area contributed by atoms with E-state index in [-0.39, 0.29) is 6.10 Å². The minimum absolute atomic E-state index is 0.198. The molecule has 1 unspecified atom stereocenters. The van der Waals surface area contributed by atoms with Gasteiger partial charge in [-0.2, -0.15) is 0 Å². The lowest BCUT2D eigenvalue weighted by molar-refractivity contribution is -0.143. The third-order valence-corrected chi connectivity index (χ3v) is 2.63. The summed E-state index contributed by atoms with van der Waals surface area (Å²) < 4.78 is 10.7. The largest absolute Gasteiger partial charge is 0.480 e. The number of aliphatic carboxylic acids is 1. The molecule has 0 saturated carbocycles. The summed E-state index contributed by atoms with van der Waals surface area (Å²) in [6.07, 6.45) is 2.30. The monoisotopic (exact) mass is 217 g/mol. The Balaban J connectivity index is 2.17. The van der Waals surface area contributed by atoms with Crippen molar-refractivity contribution >= 4 is 5.97 Å². The Kier molecular flexibility index (Phi) is 4.50. The number of carboxylic acid groups (broad SMARTS) is 1. The fraction of sp³-hybridized carbons (Fsp3) is 0.900. The predicted octanol–water partition coefficient (Wildman–Crippen LogP) is 0.374. The van der Waals surface area contributed by atoms with E-state index in [4.69, 9.17) is 20.3 Å². The topological polar surface area (TPSA) is 81.8 Å². The summed E-state index contributed by atoms with van der Waals surface area (Å²) in [7, 11) is 0. The maximum Gasteiger partial charge on any atom is 0.323 e. The van der Waals surface area contributed by atoms with Crippen LogP contribution in [0, 0.1) is 0 Å². The van der Waals surface area contributed by atoms with Crippen LogP contribution in [0.3, 0.4) is 0 Å². The van der Waals surface area contributed by atoms with E-state index < -0.39 is 11.5 Å². The molecule has 3 N–H and O–H groups in total. The molecule has 1 aliphatic rings. The smallest absolute Gasteiger partial charge is 0.323 e. The van der Waals surface area contributed by atoms with E-state index in [1.807, 2.05) is 0 Å². The zero-order valence-corrected chi connectivity index (χ0v) is 9.07. The summed E-state index contributed by atoms with van der Waals surface area (Å²) in [5, 5.41) is 8.78. The van der Waals surface area contributed by atoms with Crippen molar-refractivity contribution in [3.63, 3.8) is 0 Å². The van der Waals surface area contributed by atoms with Gasteiger partial charge in [0.05, 0.1) is 6.10 Å². The van der Waals surface area contributed by atoms with Gasteiger partial charge in [0, 0.05) is 19.8 Å². The summed E-state index contributed by atoms with van der Waals surface area (Å²) in [5.41, 5.74) is 4.38. The number of carbonyl (C=O) groups is 1. The van der Waals surface area contributed by atoms with Crippen LogP contribution in [0.4, 0.5) is 0 Å². The Morgan fingerprint density at radius 2 is 2.20 bits per heavy atom. The third-order valence-electron chi connectivity index (χ3n) is 2.63. The second-order valence-corrected chi connectivity index (χ2v) is 4.16. The average molecular weight is 217 g/mol. The van der Waals surface area contributed by atoms with Crippen molar-refractivity contribution in [2.45, 2.75) is 37.8 Å². The quantitative estimate of drug-likeness (QED) is 0.695. The first-order chi connectivity index (χ1) is 7.02. The van der Waals surface area contributed by atoms with Gasteiger partial charge in [0.2, 0.25) is 0 Å². The Bertz CT molecular complexity index is 211. The lowest BCUT2D eigenvalue weighted by atomic mass is 10.0. The van der Waals surface area contributed by atoms with Gasteiger partial charge in [-0.25, -0.2) is 0 Å². The molecule has 1 fully saturated rings. The van der Waals surface area contributed by atoms with Crippen molar-refractivity contribution in [1.82, 2.24) is 0 Å². The molecule has 88 valence electrons. The first-order valence-corrected chi connectivity index (χ1v) is 5.24. The van der Waals surface area contributed by atoms with Gasteiger partial charge in [-0.05, 0) is 26.2 Å². The zero-order chi connectivity index (χ0) is 11.3. The number of carboxylic acids is 1. The summed E-state index contributed by atoms with van der Waals surface area (Å²) in [4.78, 5) is 10.7. The van der Waals surface area contributed by atoms with Crippen molar-refractivity contribution in [3.05, 3.63) is 0 Å². The highest BCUT2D eigenvalue weighted by molar-refractivity contribution is 5.77. The standard InChI is InChI=1S/C10H19NO4/c1-10(11,9(12)13)4-7-15-8-2-5-14-6-3-8/h8H,2-7,11H2,1H3,(H,12,13). The van der Waals surface area contributed by atoms with Crippen molar-refractivity contribution < 1.29 is 19.4 Å². The molecule has 1 aliphatic heterocycles. The van der Waals surface area contributed by atoms with Gasteiger partial charge in [-0.15, -0.1) is 0 Å². The minimum atomic E-state index is -1.19. The van der Waals surface area contributed by atoms with Gasteiger partial charge < -0.3 is 20.3 Å². The molecule has 0 amide bonds. The van der Waals surface area contributed by atoms with E-state index >= 15 is 0 Å². The Labute approximate surface area is 89.5 Å². The molecule has 1 atom stereocenters. The molecule has 1 saturated heterocycles. The van der Waals surface area contributed by atoms with Crippen LogP contribution in [-0.4, -0.2) is 42.5 Å². The van der Waals surface area contributed by atoms with Crippen LogP contribution < -0.4 is 5.73 Å². The van der Waals surface area contributed by atoms with Crippen molar-refractivity contribution in [2.24, 2.45) is 5.73 Å². The molecule has 0 aromatic rings. The van der Waals surface area contributed by atoms with Crippen molar-refractivity contribution in [1.29, 1.82) is 0 Å². The molecule has 0 aliphatic carbocycles. The lowest BCUT2D eigenvalue weighted by Crippen LogP contribution is -2.46. The fourth-order valence-corrected chi connectivity index (χ4v) is 1.39.